The van der Waals surface area contributed by atoms with Gasteiger partial charge in [0, 0.05) is 23.7 Å². The minimum Gasteiger partial charge on any atom is -0.424 e. The van der Waals surface area contributed by atoms with Gasteiger partial charge in [0.15, 0.2) is 5.58 Å². The third-order valence-electron chi connectivity index (χ3n) is 4.47. The van der Waals surface area contributed by atoms with Crippen molar-refractivity contribution >= 4 is 38.7 Å². The standard InChI is InChI=1S/C16H22ClN3O3S/c1-2-24(21,22)20-13-6-3-11(4-7-13)10-18-16-19-14-8-5-12(17)9-15(14)23-16/h5,8-9,11,13,20H,2-4,6-7,10H2,1H3,(H,18,19)/t11-,13-. The summed E-state index contributed by atoms with van der Waals surface area (Å²) in [6.45, 7) is 2.43. The lowest BCUT2D eigenvalue weighted by atomic mass is 9.86. The van der Waals surface area contributed by atoms with Crippen molar-refractivity contribution in [3.63, 3.8) is 0 Å². The number of halogens is 1. The molecule has 3 rings (SSSR count). The Morgan fingerprint density at radius 1 is 1.29 bits per heavy atom. The molecule has 2 aromatic rings. The fourth-order valence-corrected chi connectivity index (χ4v) is 4.10. The molecule has 1 aromatic carbocycles. The van der Waals surface area contributed by atoms with Crippen LogP contribution in [0.3, 0.4) is 0 Å². The molecule has 8 heteroatoms. The van der Waals surface area contributed by atoms with E-state index in [1.165, 1.54) is 0 Å². The van der Waals surface area contributed by atoms with Crippen molar-refractivity contribution in [3.8, 4) is 0 Å². The van der Waals surface area contributed by atoms with Crippen molar-refractivity contribution < 1.29 is 12.8 Å². The van der Waals surface area contributed by atoms with Gasteiger partial charge in [0.1, 0.15) is 5.52 Å². The van der Waals surface area contributed by atoms with E-state index in [9.17, 15) is 8.42 Å². The Kier molecular flexibility index (Phi) is 5.32. The SMILES string of the molecule is CCS(=O)(=O)N[C@H]1CC[C@H](CNc2nc3ccc(Cl)cc3o2)CC1. The molecule has 1 fully saturated rings. The van der Waals surface area contributed by atoms with E-state index in [1.54, 1.807) is 19.1 Å². The van der Waals surface area contributed by atoms with E-state index in [1.807, 2.05) is 6.07 Å². The number of aromatic nitrogens is 1. The average Bonchev–Trinajstić information content (AvgIpc) is 2.96. The maximum Gasteiger partial charge on any atom is 0.295 e. The zero-order valence-corrected chi connectivity index (χ0v) is 15.2. The van der Waals surface area contributed by atoms with Gasteiger partial charge in [-0.25, -0.2) is 13.1 Å². The fourth-order valence-electron chi connectivity index (χ4n) is 3.03. The number of rotatable bonds is 6. The molecule has 1 aromatic heterocycles. The number of benzene rings is 1. The molecule has 1 aliphatic carbocycles. The molecule has 1 saturated carbocycles. The zero-order chi connectivity index (χ0) is 17.2. The fraction of sp³-hybridized carbons (Fsp3) is 0.562. The zero-order valence-electron chi connectivity index (χ0n) is 13.6. The molecule has 0 amide bonds. The van der Waals surface area contributed by atoms with Crippen molar-refractivity contribution in [1.29, 1.82) is 0 Å². The molecule has 0 unspecified atom stereocenters. The van der Waals surface area contributed by atoms with Gasteiger partial charge in [-0.2, -0.15) is 4.98 Å². The van der Waals surface area contributed by atoms with Gasteiger partial charge in [0.05, 0.1) is 5.75 Å². The second-order valence-electron chi connectivity index (χ2n) is 6.25. The summed E-state index contributed by atoms with van der Waals surface area (Å²) < 4.78 is 31.6. The molecule has 0 atom stereocenters. The summed E-state index contributed by atoms with van der Waals surface area (Å²) in [4.78, 5) is 4.38. The van der Waals surface area contributed by atoms with E-state index in [4.69, 9.17) is 16.0 Å². The summed E-state index contributed by atoms with van der Waals surface area (Å²) >= 11 is 5.94. The topological polar surface area (TPSA) is 84.2 Å². The van der Waals surface area contributed by atoms with E-state index in [2.05, 4.69) is 15.0 Å². The molecule has 132 valence electrons. The molecule has 0 aliphatic heterocycles. The molecule has 24 heavy (non-hydrogen) atoms. The van der Waals surface area contributed by atoms with Gasteiger partial charge in [-0.3, -0.25) is 0 Å². The van der Waals surface area contributed by atoms with Crippen molar-refractivity contribution in [2.45, 2.75) is 38.6 Å². The quantitative estimate of drug-likeness (QED) is 0.813. The van der Waals surface area contributed by atoms with Gasteiger partial charge in [-0.05, 0) is 50.7 Å². The van der Waals surface area contributed by atoms with Crippen molar-refractivity contribution in [2.24, 2.45) is 5.92 Å². The van der Waals surface area contributed by atoms with Gasteiger partial charge in [0.25, 0.3) is 6.01 Å². The van der Waals surface area contributed by atoms with Crippen LogP contribution in [-0.2, 0) is 10.0 Å². The Morgan fingerprint density at radius 2 is 2.04 bits per heavy atom. The Morgan fingerprint density at radius 3 is 2.75 bits per heavy atom. The number of oxazole rings is 1. The smallest absolute Gasteiger partial charge is 0.295 e. The Balaban J connectivity index is 1.49. The number of hydrogen-bond donors (Lipinski definition) is 2. The Hall–Kier alpha value is -1.31. The molecule has 0 bridgehead atoms. The van der Waals surface area contributed by atoms with Crippen LogP contribution in [-0.4, -0.2) is 31.7 Å². The predicted octanol–water partition coefficient (Wildman–Crippen LogP) is 3.39. The van der Waals surface area contributed by atoms with Gasteiger partial charge in [-0.1, -0.05) is 11.6 Å². The lowest BCUT2D eigenvalue weighted by molar-refractivity contribution is 0.323. The van der Waals surface area contributed by atoms with Crippen molar-refractivity contribution in [2.75, 3.05) is 17.6 Å². The van der Waals surface area contributed by atoms with E-state index in [-0.39, 0.29) is 11.8 Å². The Bertz CT molecular complexity index is 798. The van der Waals surface area contributed by atoms with E-state index >= 15 is 0 Å². The first-order valence-corrected chi connectivity index (χ1v) is 10.3. The molecule has 0 saturated heterocycles. The second-order valence-corrected chi connectivity index (χ2v) is 8.73. The highest BCUT2D eigenvalue weighted by Crippen LogP contribution is 2.26. The van der Waals surface area contributed by atoms with Gasteiger partial charge >= 0.3 is 0 Å². The van der Waals surface area contributed by atoms with Crippen LogP contribution in [0.4, 0.5) is 6.01 Å². The first-order valence-electron chi connectivity index (χ1n) is 8.25. The molecule has 1 heterocycles. The number of hydrogen-bond acceptors (Lipinski definition) is 5. The molecule has 0 radical (unpaired) electrons. The van der Waals surface area contributed by atoms with Gasteiger partial charge in [0.2, 0.25) is 10.0 Å². The molecular weight excluding hydrogens is 350 g/mol. The van der Waals surface area contributed by atoms with Crippen LogP contribution in [0.1, 0.15) is 32.6 Å². The van der Waals surface area contributed by atoms with Gasteiger partial charge in [-0.15, -0.1) is 0 Å². The minimum absolute atomic E-state index is 0.0673. The summed E-state index contributed by atoms with van der Waals surface area (Å²) in [6.07, 6.45) is 3.70. The van der Waals surface area contributed by atoms with E-state index < -0.39 is 10.0 Å². The number of anilines is 1. The first kappa shape index (κ1) is 17.5. The van der Waals surface area contributed by atoms with Crippen molar-refractivity contribution in [1.82, 2.24) is 9.71 Å². The second kappa shape index (κ2) is 7.29. The monoisotopic (exact) mass is 371 g/mol. The largest absolute Gasteiger partial charge is 0.424 e. The number of nitrogens with one attached hydrogen (secondary N) is 2. The van der Waals surface area contributed by atoms with Crippen molar-refractivity contribution in [3.05, 3.63) is 23.2 Å². The lowest BCUT2D eigenvalue weighted by Crippen LogP contribution is -2.39. The lowest BCUT2D eigenvalue weighted by Gasteiger charge is -2.28. The summed E-state index contributed by atoms with van der Waals surface area (Å²) in [6, 6.07) is 5.94. The molecule has 2 N–H and O–H groups in total. The van der Waals surface area contributed by atoms with E-state index in [0.29, 0.717) is 22.5 Å². The normalized spacial score (nSPS) is 21.9. The van der Waals surface area contributed by atoms with Crippen LogP contribution in [0.2, 0.25) is 5.02 Å². The summed E-state index contributed by atoms with van der Waals surface area (Å²) in [5.74, 6) is 0.627. The first-order chi connectivity index (χ1) is 11.4. The maximum absolute atomic E-state index is 11.6. The Labute approximate surface area is 147 Å². The van der Waals surface area contributed by atoms with Crippen LogP contribution < -0.4 is 10.0 Å². The minimum atomic E-state index is -3.11. The predicted molar refractivity (Wildman–Crippen MR) is 95.9 cm³/mol. The highest BCUT2D eigenvalue weighted by atomic mass is 35.5. The molecule has 6 nitrogen and oxygen atoms in total. The number of sulfonamides is 1. The summed E-state index contributed by atoms with van der Waals surface area (Å²) in [5, 5.41) is 3.86. The highest BCUT2D eigenvalue weighted by molar-refractivity contribution is 7.89. The van der Waals surface area contributed by atoms with E-state index in [0.717, 1.165) is 37.7 Å². The molecule has 1 aliphatic rings. The molecular formula is C16H22ClN3O3S. The van der Waals surface area contributed by atoms with Crippen LogP contribution in [0, 0.1) is 5.92 Å². The number of fused-ring (bicyclic) bond motifs is 1. The van der Waals surface area contributed by atoms with Crippen LogP contribution >= 0.6 is 11.6 Å². The van der Waals surface area contributed by atoms with Crippen LogP contribution in [0.15, 0.2) is 22.6 Å². The van der Waals surface area contributed by atoms with Crippen LogP contribution in [0.25, 0.3) is 11.1 Å². The third-order valence-corrected chi connectivity index (χ3v) is 6.15. The summed E-state index contributed by atoms with van der Waals surface area (Å²) in [5.41, 5.74) is 1.45. The average molecular weight is 372 g/mol. The number of nitrogens with zero attached hydrogens (tertiary/aromatic N) is 1. The van der Waals surface area contributed by atoms with Gasteiger partial charge < -0.3 is 9.73 Å². The molecule has 0 spiro atoms. The maximum atomic E-state index is 11.6. The summed E-state index contributed by atoms with van der Waals surface area (Å²) in [7, 11) is -3.11. The van der Waals surface area contributed by atoms with Crippen LogP contribution in [0.5, 0.6) is 0 Å². The third kappa shape index (κ3) is 4.40. The highest BCUT2D eigenvalue weighted by Gasteiger charge is 2.24.